The van der Waals surface area contributed by atoms with E-state index in [1.54, 1.807) is 36.5 Å². The summed E-state index contributed by atoms with van der Waals surface area (Å²) in [5, 5.41) is 11.8. The highest BCUT2D eigenvalue weighted by Crippen LogP contribution is 2.11. The van der Waals surface area contributed by atoms with Crippen LogP contribution in [0.3, 0.4) is 0 Å². The van der Waals surface area contributed by atoms with Gasteiger partial charge in [0.1, 0.15) is 5.69 Å². The van der Waals surface area contributed by atoms with Crippen molar-refractivity contribution in [2.45, 2.75) is 0 Å². The van der Waals surface area contributed by atoms with Gasteiger partial charge in [-0.3, -0.25) is 0 Å². The smallest absolute Gasteiger partial charge is 0.209 e. The van der Waals surface area contributed by atoms with Gasteiger partial charge in [0.2, 0.25) is 6.20 Å². The van der Waals surface area contributed by atoms with Crippen LogP contribution in [0.4, 0.5) is 0 Å². The summed E-state index contributed by atoms with van der Waals surface area (Å²) in [6.07, 6.45) is 3.13. The van der Waals surface area contributed by atoms with Crippen molar-refractivity contribution in [3.8, 4) is 5.69 Å². The van der Waals surface area contributed by atoms with Crippen molar-refractivity contribution in [2.24, 2.45) is 0 Å². The van der Waals surface area contributed by atoms with E-state index in [0.717, 1.165) is 10.5 Å². The third-order valence-electron chi connectivity index (χ3n) is 1.74. The van der Waals surface area contributed by atoms with E-state index in [2.05, 4.69) is 0 Å². The zero-order valence-electron chi connectivity index (χ0n) is 6.72. The lowest BCUT2D eigenvalue weighted by Gasteiger charge is -2.01. The molecule has 1 aromatic carbocycles. The van der Waals surface area contributed by atoms with E-state index >= 15 is 0 Å². The second kappa shape index (κ2) is 3.11. The molecule has 4 heteroatoms. The van der Waals surface area contributed by atoms with Gasteiger partial charge in [-0.05, 0) is 24.3 Å². The summed E-state index contributed by atoms with van der Waals surface area (Å²) in [6.45, 7) is 0. The third-order valence-corrected chi connectivity index (χ3v) is 2.00. The van der Waals surface area contributed by atoms with E-state index in [0.29, 0.717) is 5.02 Å². The van der Waals surface area contributed by atoms with Gasteiger partial charge in [0.05, 0.1) is 6.20 Å². The summed E-state index contributed by atoms with van der Waals surface area (Å²) >= 11 is 5.72. The molecule has 0 spiro atoms. The van der Waals surface area contributed by atoms with Crippen LogP contribution in [0.5, 0.6) is 0 Å². The SMILES string of the molecule is [O-][n+]1cccn1-c1ccc(Cl)cc1. The number of hydrogen-bond acceptors (Lipinski definition) is 1. The van der Waals surface area contributed by atoms with Crippen molar-refractivity contribution in [1.29, 1.82) is 0 Å². The second-order valence-corrected chi connectivity index (χ2v) is 3.05. The fourth-order valence-corrected chi connectivity index (χ4v) is 1.25. The van der Waals surface area contributed by atoms with Gasteiger partial charge < -0.3 is 5.21 Å². The molecular formula is C9H7ClN2O. The molecule has 3 nitrogen and oxygen atoms in total. The molecular weight excluding hydrogens is 188 g/mol. The van der Waals surface area contributed by atoms with Crippen LogP contribution in [-0.4, -0.2) is 4.68 Å². The van der Waals surface area contributed by atoms with Gasteiger partial charge >= 0.3 is 0 Å². The maximum Gasteiger partial charge on any atom is 0.209 e. The number of nitrogens with zero attached hydrogens (tertiary/aromatic N) is 2. The average molecular weight is 195 g/mol. The topological polar surface area (TPSA) is 31.9 Å². The minimum atomic E-state index is 0.661. The molecule has 0 amide bonds. The molecule has 0 atom stereocenters. The summed E-state index contributed by atoms with van der Waals surface area (Å²) in [5.41, 5.74) is 0.796. The van der Waals surface area contributed by atoms with Crippen molar-refractivity contribution < 1.29 is 4.85 Å². The standard InChI is InChI=1S/C9H7ClN2O/c10-8-2-4-9(5-3-8)11-6-1-7-12(11)13/h1-7H. The summed E-state index contributed by atoms with van der Waals surface area (Å²) in [6, 6.07) is 8.75. The molecule has 2 rings (SSSR count). The Morgan fingerprint density at radius 2 is 1.92 bits per heavy atom. The first kappa shape index (κ1) is 8.13. The predicted octanol–water partition coefficient (Wildman–Crippen LogP) is 1.76. The maximum absolute atomic E-state index is 11.2. The third kappa shape index (κ3) is 1.51. The Bertz CT molecular complexity index is 408. The Morgan fingerprint density at radius 3 is 2.46 bits per heavy atom. The lowest BCUT2D eigenvalue weighted by Crippen LogP contribution is -2.34. The van der Waals surface area contributed by atoms with Crippen molar-refractivity contribution in [1.82, 2.24) is 4.68 Å². The van der Waals surface area contributed by atoms with Gasteiger partial charge in [0.25, 0.3) is 0 Å². The van der Waals surface area contributed by atoms with Gasteiger partial charge in [0.15, 0.2) is 0 Å². The first-order valence-corrected chi connectivity index (χ1v) is 4.18. The van der Waals surface area contributed by atoms with E-state index in [1.165, 1.54) is 10.9 Å². The van der Waals surface area contributed by atoms with Crippen LogP contribution in [0, 0.1) is 5.21 Å². The van der Waals surface area contributed by atoms with Gasteiger partial charge in [-0.25, -0.2) is 0 Å². The highest BCUT2D eigenvalue weighted by molar-refractivity contribution is 6.30. The Kier molecular flexibility index (Phi) is 1.94. The van der Waals surface area contributed by atoms with E-state index in [9.17, 15) is 5.21 Å². The van der Waals surface area contributed by atoms with Crippen LogP contribution in [0.2, 0.25) is 5.02 Å². The van der Waals surface area contributed by atoms with Crippen molar-refractivity contribution in [2.75, 3.05) is 0 Å². The van der Waals surface area contributed by atoms with E-state index in [1.807, 2.05) is 0 Å². The van der Waals surface area contributed by atoms with Gasteiger partial charge in [-0.2, -0.15) is 0 Å². The largest absolute Gasteiger partial charge is 0.596 e. The summed E-state index contributed by atoms with van der Waals surface area (Å²) < 4.78 is 1.48. The van der Waals surface area contributed by atoms with Crippen molar-refractivity contribution in [3.63, 3.8) is 0 Å². The van der Waals surface area contributed by atoms with E-state index in [4.69, 9.17) is 11.6 Å². The van der Waals surface area contributed by atoms with Gasteiger partial charge in [-0.15, -0.1) is 4.68 Å². The number of aromatic nitrogens is 2. The predicted molar refractivity (Wildman–Crippen MR) is 49.7 cm³/mol. The molecule has 0 N–H and O–H groups in total. The van der Waals surface area contributed by atoms with Gasteiger partial charge in [-0.1, -0.05) is 16.4 Å². The van der Waals surface area contributed by atoms with Gasteiger partial charge in [0, 0.05) is 11.1 Å². The Labute approximate surface area is 80.4 Å². The molecule has 0 aliphatic rings. The molecule has 2 aromatic rings. The zero-order valence-corrected chi connectivity index (χ0v) is 7.48. The van der Waals surface area contributed by atoms with Crippen molar-refractivity contribution >= 4 is 11.6 Å². The molecule has 66 valence electrons. The van der Waals surface area contributed by atoms with E-state index in [-0.39, 0.29) is 0 Å². The van der Waals surface area contributed by atoms with Crippen molar-refractivity contribution in [3.05, 3.63) is 53.0 Å². The summed E-state index contributed by atoms with van der Waals surface area (Å²) in [4.78, 5) is 0.753. The quantitative estimate of drug-likeness (QED) is 0.503. The minimum Gasteiger partial charge on any atom is -0.596 e. The highest BCUT2D eigenvalue weighted by atomic mass is 35.5. The van der Waals surface area contributed by atoms with E-state index < -0.39 is 0 Å². The molecule has 0 saturated carbocycles. The maximum atomic E-state index is 11.2. The molecule has 0 radical (unpaired) electrons. The first-order chi connectivity index (χ1) is 6.27. The fourth-order valence-electron chi connectivity index (χ4n) is 1.12. The minimum absolute atomic E-state index is 0.661. The molecule has 0 bridgehead atoms. The van der Waals surface area contributed by atoms with Crippen LogP contribution in [0.25, 0.3) is 5.69 Å². The molecule has 1 aromatic heterocycles. The number of rotatable bonds is 1. The molecule has 1 heterocycles. The number of hydrogen-bond donors (Lipinski definition) is 0. The van der Waals surface area contributed by atoms with Crippen LogP contribution < -0.4 is 4.85 Å². The van der Waals surface area contributed by atoms with Crippen LogP contribution in [0.1, 0.15) is 0 Å². The molecule has 0 unspecified atom stereocenters. The molecule has 13 heavy (non-hydrogen) atoms. The zero-order chi connectivity index (χ0) is 9.26. The Balaban J connectivity index is 2.47. The van der Waals surface area contributed by atoms with Crippen LogP contribution >= 0.6 is 11.6 Å². The summed E-state index contributed by atoms with van der Waals surface area (Å²) in [5.74, 6) is 0. The average Bonchev–Trinajstić information content (AvgIpc) is 2.53. The molecule has 0 aliphatic carbocycles. The monoisotopic (exact) mass is 194 g/mol. The fraction of sp³-hybridized carbons (Fsp3) is 0. The second-order valence-electron chi connectivity index (χ2n) is 2.61. The summed E-state index contributed by atoms with van der Waals surface area (Å²) in [7, 11) is 0. The van der Waals surface area contributed by atoms with Crippen LogP contribution in [-0.2, 0) is 0 Å². The Hall–Kier alpha value is -1.48. The molecule has 0 fully saturated rings. The first-order valence-electron chi connectivity index (χ1n) is 3.80. The number of halogens is 1. The lowest BCUT2D eigenvalue weighted by molar-refractivity contribution is -0.683. The lowest BCUT2D eigenvalue weighted by atomic mass is 10.3. The number of benzene rings is 1. The normalized spacial score (nSPS) is 10.2. The molecule has 0 saturated heterocycles. The molecule has 0 aliphatic heterocycles. The Morgan fingerprint density at radius 1 is 1.23 bits per heavy atom. The highest BCUT2D eigenvalue weighted by Gasteiger charge is 2.02. The van der Waals surface area contributed by atoms with Crippen LogP contribution in [0.15, 0.2) is 42.7 Å².